The van der Waals surface area contributed by atoms with Crippen molar-refractivity contribution in [3.8, 4) is 22.8 Å². The number of thioether (sulfide) groups is 1. The lowest BCUT2D eigenvalue weighted by molar-refractivity contribution is 0.0193. The van der Waals surface area contributed by atoms with Gasteiger partial charge < -0.3 is 33.8 Å². The minimum Gasteiger partial charge on any atom is -0.508 e. The van der Waals surface area contributed by atoms with Gasteiger partial charge in [0.25, 0.3) is 11.8 Å². The molecular weight excluding hydrogens is 751 g/mol. The number of hydrogen-bond acceptors (Lipinski definition) is 8. The predicted octanol–water partition coefficient (Wildman–Crippen LogP) is 7.16. The van der Waals surface area contributed by atoms with Crippen LogP contribution in [0, 0.1) is 6.92 Å². The molecule has 3 amide bonds. The molecule has 0 aliphatic carbocycles. The number of anilines is 1. The van der Waals surface area contributed by atoms with E-state index < -0.39 is 6.09 Å². The molecule has 3 aliphatic rings. The zero-order valence-electron chi connectivity index (χ0n) is 33.4. The van der Waals surface area contributed by atoms with Crippen LogP contribution in [0.2, 0.25) is 0 Å². The molecule has 3 aliphatic heterocycles. The fraction of sp³-hybridized carbons (Fsp3) is 0.326. The summed E-state index contributed by atoms with van der Waals surface area (Å²) in [7, 11) is 3.64. The number of amides is 3. The number of morpholine rings is 1. The second-order valence-corrected chi connectivity index (χ2v) is 16.2. The third-order valence-electron chi connectivity index (χ3n) is 11.9. The average Bonchev–Trinajstić information content (AvgIpc) is 3.55. The van der Waals surface area contributed by atoms with Crippen molar-refractivity contribution in [2.75, 3.05) is 57.6 Å². The monoisotopic (exact) mass is 799 g/mol. The van der Waals surface area contributed by atoms with Crippen molar-refractivity contribution in [2.24, 2.45) is 7.05 Å². The fourth-order valence-electron chi connectivity index (χ4n) is 8.36. The number of carbonyl (C=O) groups is 3. The first-order chi connectivity index (χ1) is 28.1. The smallest absolute Gasteiger partial charge is 0.415 e. The Hall–Kier alpha value is -5.56. The van der Waals surface area contributed by atoms with Gasteiger partial charge in [-0.3, -0.25) is 14.5 Å². The van der Waals surface area contributed by atoms with Crippen LogP contribution in [0.4, 0.5) is 10.5 Å². The Kier molecular flexibility index (Phi) is 11.3. The van der Waals surface area contributed by atoms with Gasteiger partial charge in [0.15, 0.2) is 0 Å². The minimum absolute atomic E-state index is 0.0702. The van der Waals surface area contributed by atoms with Crippen molar-refractivity contribution >= 4 is 35.4 Å². The molecule has 0 bridgehead atoms. The third kappa shape index (κ3) is 7.96. The van der Waals surface area contributed by atoms with E-state index >= 15 is 4.79 Å². The zero-order valence-corrected chi connectivity index (χ0v) is 34.3. The van der Waals surface area contributed by atoms with Crippen molar-refractivity contribution in [3.63, 3.8) is 0 Å². The van der Waals surface area contributed by atoms with Gasteiger partial charge >= 0.3 is 6.09 Å². The van der Waals surface area contributed by atoms with E-state index in [-0.39, 0.29) is 23.6 Å². The number of fused-ring (bicyclic) bond motifs is 2. The molecule has 300 valence electrons. The molecular formula is C46H49N5O6S. The summed E-state index contributed by atoms with van der Waals surface area (Å²) in [6.07, 6.45) is 2.86. The molecule has 58 heavy (non-hydrogen) atoms. The quantitative estimate of drug-likeness (QED) is 0.165. The summed E-state index contributed by atoms with van der Waals surface area (Å²) in [4.78, 5) is 51.7. The van der Waals surface area contributed by atoms with E-state index in [0.29, 0.717) is 61.8 Å². The molecule has 4 aromatic carbocycles. The second-order valence-electron chi connectivity index (χ2n) is 15.3. The highest BCUT2D eigenvalue weighted by molar-refractivity contribution is 7.98. The van der Waals surface area contributed by atoms with Gasteiger partial charge in [0.1, 0.15) is 11.5 Å². The topological polar surface area (TPSA) is 108 Å². The highest BCUT2D eigenvalue weighted by atomic mass is 32.2. The van der Waals surface area contributed by atoms with Crippen LogP contribution in [0.25, 0.3) is 11.3 Å². The van der Waals surface area contributed by atoms with Crippen LogP contribution >= 0.6 is 11.8 Å². The highest BCUT2D eigenvalue weighted by Crippen LogP contribution is 2.36. The van der Waals surface area contributed by atoms with Crippen molar-refractivity contribution in [1.29, 1.82) is 0 Å². The van der Waals surface area contributed by atoms with E-state index in [1.165, 1.54) is 5.56 Å². The number of phenolic OH excluding ortho intramolecular Hbond substituents is 1. The van der Waals surface area contributed by atoms with Gasteiger partial charge in [0.05, 0.1) is 18.8 Å². The summed E-state index contributed by atoms with van der Waals surface area (Å²) in [5, 5.41) is 9.85. The molecule has 11 nitrogen and oxygen atoms in total. The second kappa shape index (κ2) is 16.7. The zero-order chi connectivity index (χ0) is 40.5. The van der Waals surface area contributed by atoms with Crippen LogP contribution in [0.3, 0.4) is 0 Å². The molecule has 5 aromatic rings. The van der Waals surface area contributed by atoms with Crippen molar-refractivity contribution in [2.45, 2.75) is 43.8 Å². The molecule has 0 unspecified atom stereocenters. The number of ether oxygens (including phenoxy) is 2. The molecule has 1 atom stereocenters. The Morgan fingerprint density at radius 1 is 0.862 bits per heavy atom. The first kappa shape index (κ1) is 39.3. The Labute approximate surface area is 343 Å². The van der Waals surface area contributed by atoms with Crippen molar-refractivity contribution in [1.82, 2.24) is 19.3 Å². The lowest BCUT2D eigenvalue weighted by Gasteiger charge is -2.41. The Morgan fingerprint density at radius 2 is 1.62 bits per heavy atom. The van der Waals surface area contributed by atoms with Gasteiger partial charge in [-0.2, -0.15) is 0 Å². The number of carbonyl (C=O) groups excluding carboxylic acids is 3. The summed E-state index contributed by atoms with van der Waals surface area (Å²) >= 11 is 1.58. The number of aromatic hydroxyl groups is 1. The summed E-state index contributed by atoms with van der Waals surface area (Å²) in [5.41, 5.74) is 8.27. The fourth-order valence-corrected chi connectivity index (χ4v) is 8.81. The van der Waals surface area contributed by atoms with Crippen LogP contribution < -0.4 is 9.64 Å². The van der Waals surface area contributed by atoms with Crippen molar-refractivity contribution in [3.05, 3.63) is 130 Å². The van der Waals surface area contributed by atoms with Crippen LogP contribution in [0.15, 0.2) is 95.9 Å². The number of nitrogens with zero attached hydrogens (tertiary/aromatic N) is 5. The lowest BCUT2D eigenvalue weighted by atomic mass is 9.89. The minimum atomic E-state index is -0.432. The van der Waals surface area contributed by atoms with Gasteiger partial charge in [-0.1, -0.05) is 30.3 Å². The number of aromatic nitrogens is 1. The third-order valence-corrected chi connectivity index (χ3v) is 12.6. The molecule has 8 rings (SSSR count). The molecule has 1 fully saturated rings. The molecule has 0 spiro atoms. The van der Waals surface area contributed by atoms with E-state index in [0.717, 1.165) is 64.6 Å². The molecule has 12 heteroatoms. The largest absolute Gasteiger partial charge is 0.508 e. The first-order valence-corrected chi connectivity index (χ1v) is 21.0. The Bertz CT molecular complexity index is 2350. The van der Waals surface area contributed by atoms with E-state index in [9.17, 15) is 14.7 Å². The van der Waals surface area contributed by atoms with Gasteiger partial charge in [-0.05, 0) is 109 Å². The Balaban J connectivity index is 1.18. The maximum absolute atomic E-state index is 15.4. The van der Waals surface area contributed by atoms with Gasteiger partial charge in [-0.25, -0.2) is 4.79 Å². The van der Waals surface area contributed by atoms with Crippen LogP contribution in [0.5, 0.6) is 11.5 Å². The maximum atomic E-state index is 15.4. The Morgan fingerprint density at radius 3 is 2.38 bits per heavy atom. The van der Waals surface area contributed by atoms with Gasteiger partial charge in [0.2, 0.25) is 0 Å². The first-order valence-electron chi connectivity index (χ1n) is 19.8. The highest BCUT2D eigenvalue weighted by Gasteiger charge is 2.35. The predicted molar refractivity (Wildman–Crippen MR) is 226 cm³/mol. The molecule has 0 radical (unpaired) electrons. The van der Waals surface area contributed by atoms with E-state index in [1.54, 1.807) is 58.9 Å². The average molecular weight is 800 g/mol. The molecule has 0 saturated carbocycles. The van der Waals surface area contributed by atoms with E-state index in [1.807, 2.05) is 66.1 Å². The normalized spacial score (nSPS) is 16.7. The van der Waals surface area contributed by atoms with E-state index in [4.69, 9.17) is 9.47 Å². The number of phenols is 1. The molecule has 1 saturated heterocycles. The molecule has 1 aromatic heterocycles. The molecule has 1 N–H and O–H groups in total. The summed E-state index contributed by atoms with van der Waals surface area (Å²) in [5.74, 6) is 0.321. The summed E-state index contributed by atoms with van der Waals surface area (Å²) < 4.78 is 13.5. The van der Waals surface area contributed by atoms with E-state index in [2.05, 4.69) is 29.2 Å². The number of rotatable bonds is 8. The van der Waals surface area contributed by atoms with Crippen LogP contribution in [-0.4, -0.2) is 101 Å². The van der Waals surface area contributed by atoms with Gasteiger partial charge in [0, 0.05) is 92.5 Å². The summed E-state index contributed by atoms with van der Waals surface area (Å²) in [6, 6.07) is 28.3. The van der Waals surface area contributed by atoms with Gasteiger partial charge in [-0.15, -0.1) is 11.8 Å². The number of hydrogen-bond donors (Lipinski definition) is 1. The maximum Gasteiger partial charge on any atom is 0.415 e. The van der Waals surface area contributed by atoms with Crippen LogP contribution in [0.1, 0.15) is 48.7 Å². The van der Waals surface area contributed by atoms with Crippen molar-refractivity contribution < 1.29 is 29.0 Å². The standard InChI is InChI=1S/C46H49N5O6S/c1-30-40(44(53)48(3)35-12-14-37(52)15-13-35)26-43(47(30)2)41-23-32-16-17-50(46(55)57-38-10-7-11-39(25-38)58-4)27-34(32)24-42(41)45(54)51-28-33-9-6-5-8-31(33)22-36(51)29-49-18-20-56-21-19-49/h5-15,23-26,36,52H,16-22,27-29H2,1-4H3/t36-/m0/s1. The van der Waals surface area contributed by atoms with Crippen LogP contribution in [-0.2, 0) is 37.7 Å². The number of benzene rings is 4. The lowest BCUT2D eigenvalue weighted by Crippen LogP contribution is -2.52. The summed E-state index contributed by atoms with van der Waals surface area (Å²) in [6.45, 7) is 6.84. The SMILES string of the molecule is CSc1cccc(OC(=O)N2CCc3cc(-c4cc(C(=O)N(C)c5ccc(O)cc5)c(C)n4C)c(C(=O)N4Cc5ccccc5C[C@H]4CN4CCOCC4)cc3C2)c1. The molecule has 4 heterocycles.